The molecule has 0 amide bonds. The van der Waals surface area contributed by atoms with Gasteiger partial charge in [-0.05, 0) is 37.5 Å². The summed E-state index contributed by atoms with van der Waals surface area (Å²) in [6.45, 7) is 8.02. The van der Waals surface area contributed by atoms with Gasteiger partial charge in [0.05, 0.1) is 0 Å². The lowest BCUT2D eigenvalue weighted by atomic mass is 10.0. The first kappa shape index (κ1) is 15.2. The van der Waals surface area contributed by atoms with Gasteiger partial charge in [0.1, 0.15) is 13.2 Å². The molecule has 1 heterocycles. The molecule has 0 radical (unpaired) electrons. The lowest BCUT2D eigenvalue weighted by Crippen LogP contribution is -2.31. The maximum absolute atomic E-state index is 5.66. The van der Waals surface area contributed by atoms with Crippen molar-refractivity contribution >= 4 is 0 Å². The highest BCUT2D eigenvalue weighted by molar-refractivity contribution is 5.44. The second-order valence-corrected chi connectivity index (χ2v) is 5.57. The molecule has 0 fully saturated rings. The topological polar surface area (TPSA) is 30.5 Å². The van der Waals surface area contributed by atoms with E-state index in [4.69, 9.17) is 9.47 Å². The van der Waals surface area contributed by atoms with Crippen LogP contribution in [0.4, 0.5) is 0 Å². The van der Waals surface area contributed by atoms with Crippen molar-refractivity contribution < 1.29 is 9.47 Å². The monoisotopic (exact) mass is 277 g/mol. The molecule has 3 nitrogen and oxygen atoms in total. The zero-order valence-electron chi connectivity index (χ0n) is 12.9. The van der Waals surface area contributed by atoms with Gasteiger partial charge < -0.3 is 14.8 Å². The second-order valence-electron chi connectivity index (χ2n) is 5.57. The summed E-state index contributed by atoms with van der Waals surface area (Å²) < 4.78 is 11.2. The van der Waals surface area contributed by atoms with E-state index in [2.05, 4.69) is 38.2 Å². The van der Waals surface area contributed by atoms with Gasteiger partial charge in [-0.3, -0.25) is 0 Å². The number of hydrogen-bond acceptors (Lipinski definition) is 3. The molecule has 20 heavy (non-hydrogen) atoms. The molecule has 1 unspecified atom stereocenters. The fourth-order valence-electron chi connectivity index (χ4n) is 2.79. The van der Waals surface area contributed by atoms with Crippen LogP contribution >= 0.6 is 0 Å². The molecule has 0 spiro atoms. The van der Waals surface area contributed by atoms with Gasteiger partial charge in [-0.2, -0.15) is 0 Å². The summed E-state index contributed by atoms with van der Waals surface area (Å²) in [6.07, 6.45) is 4.93. The zero-order chi connectivity index (χ0) is 14.4. The number of nitrogens with one attached hydrogen (secondary N) is 1. The van der Waals surface area contributed by atoms with Gasteiger partial charge in [-0.1, -0.05) is 32.8 Å². The molecule has 3 heteroatoms. The fourth-order valence-corrected chi connectivity index (χ4v) is 2.79. The number of benzene rings is 1. The molecule has 1 N–H and O–H groups in total. The van der Waals surface area contributed by atoms with E-state index in [1.165, 1.54) is 31.2 Å². The van der Waals surface area contributed by atoms with Crippen LogP contribution in [0.2, 0.25) is 0 Å². The Balaban J connectivity index is 2.02. The third kappa shape index (κ3) is 3.89. The third-order valence-corrected chi connectivity index (χ3v) is 3.83. The highest BCUT2D eigenvalue weighted by Crippen LogP contribution is 2.32. The van der Waals surface area contributed by atoms with E-state index in [-0.39, 0.29) is 0 Å². The third-order valence-electron chi connectivity index (χ3n) is 3.83. The first-order valence-electron chi connectivity index (χ1n) is 7.90. The summed E-state index contributed by atoms with van der Waals surface area (Å²) in [4.78, 5) is 0. The molecule has 1 atom stereocenters. The molecular formula is C17H27NO2. The lowest BCUT2D eigenvalue weighted by Gasteiger charge is -2.25. The molecule has 1 aliphatic rings. The maximum atomic E-state index is 5.66. The number of ether oxygens (including phenoxy) is 2. The van der Waals surface area contributed by atoms with E-state index in [1.807, 2.05) is 6.07 Å². The first-order valence-corrected chi connectivity index (χ1v) is 7.90. The van der Waals surface area contributed by atoms with Crippen molar-refractivity contribution in [2.24, 2.45) is 0 Å². The molecular weight excluding hydrogens is 250 g/mol. The summed E-state index contributed by atoms with van der Waals surface area (Å²) in [6, 6.07) is 7.22. The van der Waals surface area contributed by atoms with E-state index < -0.39 is 0 Å². The Morgan fingerprint density at radius 3 is 2.35 bits per heavy atom. The van der Waals surface area contributed by atoms with Crippen molar-refractivity contribution in [2.75, 3.05) is 13.2 Å². The van der Waals surface area contributed by atoms with Crippen molar-refractivity contribution in [3.63, 3.8) is 0 Å². The van der Waals surface area contributed by atoms with Crippen LogP contribution in [0.15, 0.2) is 18.2 Å². The molecule has 0 saturated carbocycles. The predicted octanol–water partition coefficient (Wildman–Crippen LogP) is 4.08. The number of rotatable bonds is 7. The van der Waals surface area contributed by atoms with Gasteiger partial charge in [-0.15, -0.1) is 0 Å². The molecule has 112 valence electrons. The fraction of sp³-hybridized carbons (Fsp3) is 0.647. The highest BCUT2D eigenvalue weighted by Gasteiger charge is 2.16. The first-order chi connectivity index (χ1) is 9.74. The Morgan fingerprint density at radius 2 is 1.70 bits per heavy atom. The molecule has 2 rings (SSSR count). The molecule has 0 saturated heterocycles. The summed E-state index contributed by atoms with van der Waals surface area (Å²) >= 11 is 0. The van der Waals surface area contributed by atoms with Crippen molar-refractivity contribution in [1.29, 1.82) is 0 Å². The Morgan fingerprint density at radius 1 is 1.05 bits per heavy atom. The van der Waals surface area contributed by atoms with Gasteiger partial charge in [0, 0.05) is 12.1 Å². The molecule has 1 aromatic carbocycles. The molecule has 0 aliphatic carbocycles. The zero-order valence-corrected chi connectivity index (χ0v) is 12.9. The SMILES string of the molecule is CCCC(CCC)NC(C)c1ccc2c(c1)OCCO2. The highest BCUT2D eigenvalue weighted by atomic mass is 16.6. The van der Waals surface area contributed by atoms with Gasteiger partial charge in [0.15, 0.2) is 11.5 Å². The molecule has 1 aliphatic heterocycles. The van der Waals surface area contributed by atoms with Crippen LogP contribution in [-0.2, 0) is 0 Å². The molecule has 0 aromatic heterocycles. The van der Waals surface area contributed by atoms with Crippen LogP contribution in [0.1, 0.15) is 58.1 Å². The van der Waals surface area contributed by atoms with Crippen LogP contribution in [-0.4, -0.2) is 19.3 Å². The van der Waals surface area contributed by atoms with Crippen LogP contribution in [0.25, 0.3) is 0 Å². The van der Waals surface area contributed by atoms with Crippen molar-refractivity contribution in [3.05, 3.63) is 23.8 Å². The second kappa shape index (κ2) is 7.53. The summed E-state index contributed by atoms with van der Waals surface area (Å²) in [7, 11) is 0. The van der Waals surface area contributed by atoms with E-state index in [0.717, 1.165) is 11.5 Å². The minimum atomic E-state index is 0.342. The normalized spacial score (nSPS) is 15.4. The van der Waals surface area contributed by atoms with Gasteiger partial charge >= 0.3 is 0 Å². The molecule has 0 bridgehead atoms. The van der Waals surface area contributed by atoms with E-state index in [9.17, 15) is 0 Å². The minimum Gasteiger partial charge on any atom is -0.486 e. The van der Waals surface area contributed by atoms with Crippen LogP contribution in [0, 0.1) is 0 Å². The van der Waals surface area contributed by atoms with Gasteiger partial charge in [0.25, 0.3) is 0 Å². The van der Waals surface area contributed by atoms with Gasteiger partial charge in [0.2, 0.25) is 0 Å². The van der Waals surface area contributed by atoms with Crippen molar-refractivity contribution in [2.45, 2.75) is 58.5 Å². The quantitative estimate of drug-likeness (QED) is 0.814. The summed E-state index contributed by atoms with van der Waals surface area (Å²) in [5.74, 6) is 1.75. The minimum absolute atomic E-state index is 0.342. The Labute approximate surface area is 122 Å². The van der Waals surface area contributed by atoms with E-state index in [0.29, 0.717) is 25.3 Å². The largest absolute Gasteiger partial charge is 0.486 e. The standard InChI is InChI=1S/C17H27NO2/c1-4-6-15(7-5-2)18-13(3)14-8-9-16-17(12-14)20-11-10-19-16/h8-9,12-13,15,18H,4-7,10-11H2,1-3H3. The average molecular weight is 277 g/mol. The van der Waals surface area contributed by atoms with E-state index in [1.54, 1.807) is 0 Å². The average Bonchev–Trinajstić information content (AvgIpc) is 2.47. The lowest BCUT2D eigenvalue weighted by molar-refractivity contribution is 0.171. The van der Waals surface area contributed by atoms with Crippen LogP contribution in [0.3, 0.4) is 0 Å². The van der Waals surface area contributed by atoms with Crippen LogP contribution < -0.4 is 14.8 Å². The smallest absolute Gasteiger partial charge is 0.161 e. The van der Waals surface area contributed by atoms with Crippen LogP contribution in [0.5, 0.6) is 11.5 Å². The summed E-state index contributed by atoms with van der Waals surface area (Å²) in [5.41, 5.74) is 1.27. The maximum Gasteiger partial charge on any atom is 0.161 e. The number of hydrogen-bond donors (Lipinski definition) is 1. The van der Waals surface area contributed by atoms with Crippen molar-refractivity contribution in [1.82, 2.24) is 5.32 Å². The Hall–Kier alpha value is -1.22. The Bertz CT molecular complexity index is 413. The summed E-state index contributed by atoms with van der Waals surface area (Å²) in [5, 5.41) is 3.75. The van der Waals surface area contributed by atoms with Gasteiger partial charge in [-0.25, -0.2) is 0 Å². The number of fused-ring (bicyclic) bond motifs is 1. The predicted molar refractivity (Wildman–Crippen MR) is 82.6 cm³/mol. The van der Waals surface area contributed by atoms with Crippen molar-refractivity contribution in [3.8, 4) is 11.5 Å². The molecule has 1 aromatic rings. The Kier molecular flexibility index (Phi) is 5.72. The van der Waals surface area contributed by atoms with E-state index >= 15 is 0 Å².